The number of nitrogens with one attached hydrogen (secondary N) is 1. The highest BCUT2D eigenvalue weighted by Gasteiger charge is 2.34. The minimum atomic E-state index is -0.686. The van der Waals surface area contributed by atoms with Gasteiger partial charge in [0.2, 0.25) is 5.91 Å². The van der Waals surface area contributed by atoms with Gasteiger partial charge in [-0.1, -0.05) is 27.7 Å². The van der Waals surface area contributed by atoms with Crippen LogP contribution in [0.25, 0.3) is 0 Å². The summed E-state index contributed by atoms with van der Waals surface area (Å²) in [7, 11) is 0. The van der Waals surface area contributed by atoms with E-state index in [1.54, 1.807) is 11.8 Å². The van der Waals surface area contributed by atoms with Crippen LogP contribution in [0.15, 0.2) is 0 Å². The summed E-state index contributed by atoms with van der Waals surface area (Å²) in [6.07, 6.45) is 1.65. The molecule has 3 nitrogen and oxygen atoms in total. The summed E-state index contributed by atoms with van der Waals surface area (Å²) in [5.74, 6) is 2.28. The Balaban J connectivity index is 2.43. The Kier molecular flexibility index (Phi) is 4.90. The fraction of sp³-hybridized carbons (Fsp3) is 0.923. The van der Waals surface area contributed by atoms with E-state index in [-0.39, 0.29) is 11.3 Å². The lowest BCUT2D eigenvalue weighted by atomic mass is 9.83. The van der Waals surface area contributed by atoms with E-state index in [1.807, 2.05) is 13.8 Å². The zero-order valence-corrected chi connectivity index (χ0v) is 12.2. The average molecular weight is 259 g/mol. The molecule has 0 aliphatic carbocycles. The molecule has 17 heavy (non-hydrogen) atoms. The molecule has 0 bridgehead atoms. The van der Waals surface area contributed by atoms with Gasteiger partial charge in [0.1, 0.15) is 0 Å². The fourth-order valence-electron chi connectivity index (χ4n) is 2.33. The first-order valence-corrected chi connectivity index (χ1v) is 7.49. The highest BCUT2D eigenvalue weighted by Crippen LogP contribution is 2.28. The second kappa shape index (κ2) is 5.61. The maximum Gasteiger partial charge on any atom is 0.225 e. The van der Waals surface area contributed by atoms with E-state index in [2.05, 4.69) is 19.2 Å². The second-order valence-corrected chi connectivity index (χ2v) is 7.30. The third-order valence-electron chi connectivity index (χ3n) is 3.19. The van der Waals surface area contributed by atoms with Gasteiger partial charge < -0.3 is 10.4 Å². The minimum Gasteiger partial charge on any atom is -0.387 e. The van der Waals surface area contributed by atoms with Gasteiger partial charge in [-0.05, 0) is 24.5 Å². The number of aliphatic hydroxyl groups is 1. The average Bonchev–Trinajstić information content (AvgIpc) is 2.60. The molecule has 1 heterocycles. The van der Waals surface area contributed by atoms with Gasteiger partial charge in [0.25, 0.3) is 0 Å². The van der Waals surface area contributed by atoms with Crippen LogP contribution in [-0.4, -0.2) is 34.7 Å². The van der Waals surface area contributed by atoms with Crippen LogP contribution in [0.5, 0.6) is 0 Å². The lowest BCUT2D eigenvalue weighted by Crippen LogP contribution is -2.47. The predicted molar refractivity (Wildman–Crippen MR) is 73.1 cm³/mol. The van der Waals surface area contributed by atoms with Crippen LogP contribution in [0.1, 0.15) is 40.5 Å². The van der Waals surface area contributed by atoms with Crippen LogP contribution in [0.2, 0.25) is 0 Å². The Hall–Kier alpha value is -0.220. The number of carbonyl (C=O) groups is 1. The second-order valence-electron chi connectivity index (χ2n) is 6.19. The van der Waals surface area contributed by atoms with Crippen LogP contribution in [0.3, 0.4) is 0 Å². The maximum absolute atomic E-state index is 12.1. The number of thioether (sulfide) groups is 1. The Bertz CT molecular complexity index is 271. The molecule has 0 saturated carbocycles. The summed E-state index contributed by atoms with van der Waals surface area (Å²) in [5.41, 5.74) is -1.04. The van der Waals surface area contributed by atoms with Gasteiger partial charge in [-0.2, -0.15) is 11.8 Å². The molecule has 1 atom stereocenters. The molecule has 1 amide bonds. The van der Waals surface area contributed by atoms with Gasteiger partial charge >= 0.3 is 0 Å². The molecule has 0 aromatic heterocycles. The third kappa shape index (κ3) is 4.51. The maximum atomic E-state index is 12.1. The van der Waals surface area contributed by atoms with Crippen molar-refractivity contribution in [1.29, 1.82) is 0 Å². The monoisotopic (exact) mass is 259 g/mol. The summed E-state index contributed by atoms with van der Waals surface area (Å²) in [4.78, 5) is 12.1. The van der Waals surface area contributed by atoms with Crippen LogP contribution < -0.4 is 5.32 Å². The normalized spacial score (nSPS) is 25.3. The molecular weight excluding hydrogens is 234 g/mol. The number of amides is 1. The Labute approximate surface area is 109 Å². The third-order valence-corrected chi connectivity index (χ3v) is 4.43. The van der Waals surface area contributed by atoms with Crippen molar-refractivity contribution in [3.63, 3.8) is 0 Å². The highest BCUT2D eigenvalue weighted by molar-refractivity contribution is 7.99. The Morgan fingerprint density at radius 3 is 2.65 bits per heavy atom. The van der Waals surface area contributed by atoms with Gasteiger partial charge in [-0.25, -0.2) is 0 Å². The SMILES string of the molecule is CC(C)CC(C)(C)C(=O)NCC1(O)CCSC1. The van der Waals surface area contributed by atoms with Gasteiger partial charge in [-0.3, -0.25) is 4.79 Å². The minimum absolute atomic E-state index is 0.0523. The van der Waals surface area contributed by atoms with E-state index in [4.69, 9.17) is 0 Å². The first-order chi connectivity index (χ1) is 7.75. The van der Waals surface area contributed by atoms with Crippen LogP contribution in [0.4, 0.5) is 0 Å². The number of rotatable bonds is 5. The number of carbonyl (C=O) groups excluding carboxylic acids is 1. The smallest absolute Gasteiger partial charge is 0.225 e. The number of hydrogen-bond acceptors (Lipinski definition) is 3. The van der Waals surface area contributed by atoms with Gasteiger partial charge in [0.15, 0.2) is 0 Å². The van der Waals surface area contributed by atoms with Crippen molar-refractivity contribution in [3.8, 4) is 0 Å². The molecule has 0 spiro atoms. The van der Waals surface area contributed by atoms with Crippen molar-refractivity contribution in [2.75, 3.05) is 18.1 Å². The molecular formula is C13H25NO2S. The number of hydrogen-bond donors (Lipinski definition) is 2. The van der Waals surface area contributed by atoms with Crippen LogP contribution in [0, 0.1) is 11.3 Å². The lowest BCUT2D eigenvalue weighted by Gasteiger charge is -2.28. The van der Waals surface area contributed by atoms with E-state index in [0.717, 1.165) is 24.3 Å². The fourth-order valence-corrected chi connectivity index (χ4v) is 3.63. The molecule has 0 radical (unpaired) electrons. The summed E-state index contributed by atoms with van der Waals surface area (Å²) < 4.78 is 0. The first kappa shape index (κ1) is 14.8. The van der Waals surface area contributed by atoms with E-state index < -0.39 is 5.60 Å². The van der Waals surface area contributed by atoms with Crippen molar-refractivity contribution >= 4 is 17.7 Å². The van der Waals surface area contributed by atoms with Crippen molar-refractivity contribution in [3.05, 3.63) is 0 Å². The summed E-state index contributed by atoms with van der Waals surface area (Å²) in [5, 5.41) is 13.1. The molecule has 1 unspecified atom stereocenters. The van der Waals surface area contributed by atoms with Crippen molar-refractivity contribution in [1.82, 2.24) is 5.32 Å². The Morgan fingerprint density at radius 1 is 1.53 bits per heavy atom. The molecule has 4 heteroatoms. The molecule has 1 saturated heterocycles. The van der Waals surface area contributed by atoms with E-state index >= 15 is 0 Å². The standard InChI is InChI=1S/C13H25NO2S/c1-10(2)7-12(3,4)11(15)14-8-13(16)5-6-17-9-13/h10,16H,5-9H2,1-4H3,(H,14,15). The first-order valence-electron chi connectivity index (χ1n) is 6.34. The summed E-state index contributed by atoms with van der Waals surface area (Å²) in [6, 6.07) is 0. The molecule has 0 aromatic rings. The van der Waals surface area contributed by atoms with E-state index in [9.17, 15) is 9.90 Å². The Morgan fingerprint density at radius 2 is 2.18 bits per heavy atom. The summed E-state index contributed by atoms with van der Waals surface area (Å²) >= 11 is 1.75. The van der Waals surface area contributed by atoms with Crippen molar-refractivity contribution in [2.45, 2.75) is 46.1 Å². The molecule has 1 aliphatic heterocycles. The van der Waals surface area contributed by atoms with Gasteiger partial charge in [-0.15, -0.1) is 0 Å². The predicted octanol–water partition coefficient (Wildman–Crippen LogP) is 2.04. The highest BCUT2D eigenvalue weighted by atomic mass is 32.2. The molecule has 1 aliphatic rings. The van der Waals surface area contributed by atoms with Crippen LogP contribution in [-0.2, 0) is 4.79 Å². The van der Waals surface area contributed by atoms with E-state index in [0.29, 0.717) is 12.5 Å². The molecule has 0 aromatic carbocycles. The zero-order chi connectivity index (χ0) is 13.1. The van der Waals surface area contributed by atoms with Gasteiger partial charge in [0.05, 0.1) is 5.60 Å². The van der Waals surface area contributed by atoms with Gasteiger partial charge in [0, 0.05) is 17.7 Å². The lowest BCUT2D eigenvalue weighted by molar-refractivity contribution is -0.131. The van der Waals surface area contributed by atoms with Crippen LogP contribution >= 0.6 is 11.8 Å². The zero-order valence-electron chi connectivity index (χ0n) is 11.4. The van der Waals surface area contributed by atoms with Crippen molar-refractivity contribution in [2.24, 2.45) is 11.3 Å². The largest absolute Gasteiger partial charge is 0.387 e. The molecule has 2 N–H and O–H groups in total. The topological polar surface area (TPSA) is 49.3 Å². The van der Waals surface area contributed by atoms with Crippen molar-refractivity contribution < 1.29 is 9.90 Å². The quantitative estimate of drug-likeness (QED) is 0.794. The molecule has 1 rings (SSSR count). The van der Waals surface area contributed by atoms with E-state index in [1.165, 1.54) is 0 Å². The molecule has 100 valence electrons. The molecule has 1 fully saturated rings. The summed E-state index contributed by atoms with van der Waals surface area (Å²) in [6.45, 7) is 8.57.